The fourth-order valence-electron chi connectivity index (χ4n) is 3.68. The predicted octanol–water partition coefficient (Wildman–Crippen LogP) is 4.20. The highest BCUT2D eigenvalue weighted by molar-refractivity contribution is 6.08. The van der Waals surface area contributed by atoms with Crippen molar-refractivity contribution < 1.29 is 14.3 Å². The van der Waals surface area contributed by atoms with Gasteiger partial charge >= 0.3 is 5.97 Å². The number of nitrogens with one attached hydrogen (secondary N) is 1. The number of carbonyl (C=O) groups excluding carboxylic acids is 2. The van der Waals surface area contributed by atoms with Crippen molar-refractivity contribution in [1.29, 1.82) is 0 Å². The van der Waals surface area contributed by atoms with Crippen LogP contribution >= 0.6 is 0 Å². The first-order valence-electron chi connectivity index (χ1n) is 9.40. The quantitative estimate of drug-likeness (QED) is 0.679. The van der Waals surface area contributed by atoms with Crippen LogP contribution in [0.25, 0.3) is 0 Å². The average molecular weight is 387 g/mol. The number of benzene rings is 2. The van der Waals surface area contributed by atoms with E-state index in [1.54, 1.807) is 42.6 Å². The van der Waals surface area contributed by atoms with Gasteiger partial charge in [0.05, 0.1) is 18.4 Å². The van der Waals surface area contributed by atoms with Crippen LogP contribution in [0.1, 0.15) is 33.2 Å². The van der Waals surface area contributed by atoms with E-state index in [1.807, 2.05) is 12.1 Å². The Morgan fingerprint density at radius 1 is 1.10 bits per heavy atom. The SMILES string of the molecule is COC(=O)c1ccccc1NC(=O)c1ccnc(N2c3ccccc3CC2C)c1. The normalized spacial score (nSPS) is 15.0. The smallest absolute Gasteiger partial charge is 0.339 e. The first-order valence-corrected chi connectivity index (χ1v) is 9.40. The van der Waals surface area contributed by atoms with Gasteiger partial charge in [-0.2, -0.15) is 0 Å². The van der Waals surface area contributed by atoms with E-state index >= 15 is 0 Å². The van der Waals surface area contributed by atoms with Crippen molar-refractivity contribution in [3.63, 3.8) is 0 Å². The second-order valence-corrected chi connectivity index (χ2v) is 6.95. The second kappa shape index (κ2) is 7.75. The largest absolute Gasteiger partial charge is 0.465 e. The van der Waals surface area contributed by atoms with Gasteiger partial charge in [0.2, 0.25) is 0 Å². The van der Waals surface area contributed by atoms with E-state index in [-0.39, 0.29) is 11.9 Å². The number of hydrogen-bond acceptors (Lipinski definition) is 5. The molecule has 3 aromatic rings. The molecule has 1 atom stereocenters. The maximum Gasteiger partial charge on any atom is 0.339 e. The summed E-state index contributed by atoms with van der Waals surface area (Å²) in [6, 6.07) is 18.7. The molecule has 4 rings (SSSR count). The van der Waals surface area contributed by atoms with Crippen LogP contribution in [0.4, 0.5) is 17.2 Å². The molecular weight excluding hydrogens is 366 g/mol. The van der Waals surface area contributed by atoms with E-state index in [1.165, 1.54) is 12.7 Å². The van der Waals surface area contributed by atoms with Gasteiger partial charge in [0, 0.05) is 23.5 Å². The van der Waals surface area contributed by atoms with Crippen LogP contribution < -0.4 is 10.2 Å². The van der Waals surface area contributed by atoms with Crippen molar-refractivity contribution in [2.75, 3.05) is 17.3 Å². The Kier molecular flexibility index (Phi) is 4.99. The molecule has 0 saturated heterocycles. The molecule has 146 valence electrons. The summed E-state index contributed by atoms with van der Waals surface area (Å²) in [5.74, 6) is -0.0969. The van der Waals surface area contributed by atoms with E-state index in [9.17, 15) is 9.59 Å². The van der Waals surface area contributed by atoms with Crippen LogP contribution in [0.15, 0.2) is 66.9 Å². The average Bonchev–Trinajstić information content (AvgIpc) is 3.09. The number of carbonyl (C=O) groups is 2. The molecule has 0 saturated carbocycles. The lowest BCUT2D eigenvalue weighted by atomic mass is 10.1. The van der Waals surface area contributed by atoms with Crippen molar-refractivity contribution in [1.82, 2.24) is 4.98 Å². The van der Waals surface area contributed by atoms with E-state index < -0.39 is 5.97 Å². The molecule has 1 amide bonds. The summed E-state index contributed by atoms with van der Waals surface area (Å²) < 4.78 is 4.79. The molecule has 6 nitrogen and oxygen atoms in total. The molecule has 0 radical (unpaired) electrons. The number of amides is 1. The van der Waals surface area contributed by atoms with Crippen LogP contribution in [-0.2, 0) is 11.2 Å². The zero-order valence-electron chi connectivity index (χ0n) is 16.3. The number of hydrogen-bond donors (Lipinski definition) is 1. The Morgan fingerprint density at radius 3 is 2.69 bits per heavy atom. The first kappa shape index (κ1) is 18.7. The van der Waals surface area contributed by atoms with Crippen LogP contribution in [0, 0.1) is 0 Å². The van der Waals surface area contributed by atoms with Crippen molar-refractivity contribution in [3.8, 4) is 0 Å². The number of para-hydroxylation sites is 2. The Balaban J connectivity index is 1.62. The molecule has 0 bridgehead atoms. The van der Waals surface area contributed by atoms with E-state index in [0.29, 0.717) is 16.8 Å². The monoisotopic (exact) mass is 387 g/mol. The molecule has 1 aromatic heterocycles. The fraction of sp³-hybridized carbons (Fsp3) is 0.174. The molecule has 6 heteroatoms. The van der Waals surface area contributed by atoms with E-state index in [0.717, 1.165) is 17.9 Å². The molecule has 1 aliphatic rings. The van der Waals surface area contributed by atoms with Crippen molar-refractivity contribution >= 4 is 29.1 Å². The van der Waals surface area contributed by atoms with E-state index in [4.69, 9.17) is 4.74 Å². The van der Waals surface area contributed by atoms with Gasteiger partial charge in [-0.15, -0.1) is 0 Å². The van der Waals surface area contributed by atoms with Gasteiger partial charge in [-0.3, -0.25) is 4.79 Å². The Morgan fingerprint density at radius 2 is 1.86 bits per heavy atom. The van der Waals surface area contributed by atoms with Gasteiger partial charge in [-0.05, 0) is 49.2 Å². The van der Waals surface area contributed by atoms with Crippen LogP contribution in [0.3, 0.4) is 0 Å². The summed E-state index contributed by atoms with van der Waals surface area (Å²) in [5.41, 5.74) is 3.55. The minimum absolute atomic E-state index is 0.248. The van der Waals surface area contributed by atoms with Crippen molar-refractivity contribution in [2.45, 2.75) is 19.4 Å². The molecule has 0 aliphatic carbocycles. The van der Waals surface area contributed by atoms with Crippen LogP contribution in [-0.4, -0.2) is 30.0 Å². The maximum atomic E-state index is 12.9. The van der Waals surface area contributed by atoms with Gasteiger partial charge < -0.3 is 15.0 Å². The third-order valence-electron chi connectivity index (χ3n) is 5.04. The summed E-state index contributed by atoms with van der Waals surface area (Å²) in [4.78, 5) is 31.4. The number of fused-ring (bicyclic) bond motifs is 1. The lowest BCUT2D eigenvalue weighted by Gasteiger charge is -2.24. The molecule has 2 aromatic carbocycles. The number of anilines is 3. The van der Waals surface area contributed by atoms with Crippen molar-refractivity contribution in [2.24, 2.45) is 0 Å². The van der Waals surface area contributed by atoms with Crippen LogP contribution in [0.2, 0.25) is 0 Å². The molecule has 2 heterocycles. The molecule has 1 aliphatic heterocycles. The highest BCUT2D eigenvalue weighted by Crippen LogP contribution is 2.37. The highest BCUT2D eigenvalue weighted by atomic mass is 16.5. The fourth-order valence-corrected chi connectivity index (χ4v) is 3.68. The topological polar surface area (TPSA) is 71.5 Å². The minimum atomic E-state index is -0.501. The van der Waals surface area contributed by atoms with Gasteiger partial charge in [0.1, 0.15) is 5.82 Å². The summed E-state index contributed by atoms with van der Waals surface area (Å²) >= 11 is 0. The van der Waals surface area contributed by atoms with Gasteiger partial charge in [0.15, 0.2) is 0 Å². The number of ether oxygens (including phenoxy) is 1. The van der Waals surface area contributed by atoms with Crippen molar-refractivity contribution in [3.05, 3.63) is 83.6 Å². The third kappa shape index (κ3) is 3.57. The summed E-state index contributed by atoms with van der Waals surface area (Å²) in [6.07, 6.45) is 2.56. The van der Waals surface area contributed by atoms with E-state index in [2.05, 4.69) is 34.3 Å². The number of pyridine rings is 1. The van der Waals surface area contributed by atoms with Crippen LogP contribution in [0.5, 0.6) is 0 Å². The predicted molar refractivity (Wildman–Crippen MR) is 112 cm³/mol. The third-order valence-corrected chi connectivity index (χ3v) is 5.04. The van der Waals surface area contributed by atoms with Gasteiger partial charge in [-0.25, -0.2) is 9.78 Å². The summed E-state index contributed by atoms with van der Waals surface area (Å²) in [6.45, 7) is 2.14. The number of methoxy groups -OCH3 is 1. The Labute approximate surface area is 169 Å². The number of rotatable bonds is 4. The molecule has 0 spiro atoms. The minimum Gasteiger partial charge on any atom is -0.465 e. The molecule has 1 N–H and O–H groups in total. The van der Waals surface area contributed by atoms with Gasteiger partial charge in [0.25, 0.3) is 5.91 Å². The maximum absolute atomic E-state index is 12.9. The summed E-state index contributed by atoms with van der Waals surface area (Å²) in [5, 5.41) is 2.80. The molecule has 1 unspecified atom stereocenters. The zero-order chi connectivity index (χ0) is 20.4. The zero-order valence-corrected chi connectivity index (χ0v) is 16.3. The lowest BCUT2D eigenvalue weighted by Crippen LogP contribution is -2.25. The Bertz CT molecular complexity index is 1080. The molecule has 0 fully saturated rings. The molecular formula is C23H21N3O3. The molecule has 29 heavy (non-hydrogen) atoms. The summed E-state index contributed by atoms with van der Waals surface area (Å²) in [7, 11) is 1.31. The lowest BCUT2D eigenvalue weighted by molar-refractivity contribution is 0.0602. The second-order valence-electron chi connectivity index (χ2n) is 6.95. The standard InChI is InChI=1S/C23H21N3O3/c1-15-13-16-7-3-6-10-20(16)26(15)21-14-17(11-12-24-21)22(27)25-19-9-5-4-8-18(19)23(28)29-2/h3-12,14-15H,13H2,1-2H3,(H,25,27). The first-order chi connectivity index (χ1) is 14.1. The Hall–Kier alpha value is -3.67. The number of nitrogens with zero attached hydrogens (tertiary/aromatic N) is 2. The number of aromatic nitrogens is 1. The highest BCUT2D eigenvalue weighted by Gasteiger charge is 2.28. The number of esters is 1. The van der Waals surface area contributed by atoms with Gasteiger partial charge in [-0.1, -0.05) is 30.3 Å².